The zero-order valence-electron chi connectivity index (χ0n) is 12.0. The van der Waals surface area contributed by atoms with E-state index in [4.69, 9.17) is 0 Å². The van der Waals surface area contributed by atoms with Crippen LogP contribution in [0, 0.1) is 17.8 Å². The molecular weight excluding hydrogens is 244 g/mol. The normalized spacial score (nSPS) is 18.4. The molecule has 0 spiro atoms. The van der Waals surface area contributed by atoms with Crippen LogP contribution < -0.4 is 10.6 Å². The molecule has 19 heavy (non-hydrogen) atoms. The summed E-state index contributed by atoms with van der Waals surface area (Å²) < 4.78 is 0. The molecule has 0 bridgehead atoms. The Bertz CT molecular complexity index is 333. The van der Waals surface area contributed by atoms with Crippen molar-refractivity contribution in [3.05, 3.63) is 0 Å². The molecule has 0 radical (unpaired) electrons. The van der Waals surface area contributed by atoms with Gasteiger partial charge in [0.1, 0.15) is 5.92 Å². The first-order chi connectivity index (χ1) is 8.90. The highest BCUT2D eigenvalue weighted by atomic mass is 16.2. The van der Waals surface area contributed by atoms with Crippen LogP contribution in [0.15, 0.2) is 0 Å². The average molecular weight is 268 g/mol. The predicted octanol–water partition coefficient (Wildman–Crippen LogP) is 2.21. The lowest BCUT2D eigenvalue weighted by atomic mass is 9.89. The largest absolute Gasteiger partial charge is 0.328 e. The van der Waals surface area contributed by atoms with Crippen molar-refractivity contribution in [3.8, 4) is 0 Å². The Morgan fingerprint density at radius 2 is 1.47 bits per heavy atom. The Morgan fingerprint density at radius 1 is 0.947 bits per heavy atom. The van der Waals surface area contributed by atoms with E-state index >= 15 is 0 Å². The molecule has 1 rings (SSSR count). The maximum atomic E-state index is 11.6. The van der Waals surface area contributed by atoms with Gasteiger partial charge in [0.2, 0.25) is 11.8 Å². The number of carbonyl (C=O) groups is 3. The van der Waals surface area contributed by atoms with Crippen LogP contribution >= 0.6 is 0 Å². The minimum absolute atomic E-state index is 0.307. The number of hydrogen-bond donors (Lipinski definition) is 2. The van der Waals surface area contributed by atoms with E-state index in [9.17, 15) is 14.4 Å². The van der Waals surface area contributed by atoms with Crippen molar-refractivity contribution in [1.29, 1.82) is 0 Å². The van der Waals surface area contributed by atoms with Crippen LogP contribution in [-0.2, 0) is 9.59 Å². The summed E-state index contributed by atoms with van der Waals surface area (Å²) in [5.74, 6) is -0.638. The van der Waals surface area contributed by atoms with Gasteiger partial charge in [-0.1, -0.05) is 46.5 Å². The van der Waals surface area contributed by atoms with E-state index in [0.29, 0.717) is 12.3 Å². The van der Waals surface area contributed by atoms with Crippen LogP contribution in [-0.4, -0.2) is 17.8 Å². The van der Waals surface area contributed by atoms with Crippen molar-refractivity contribution in [1.82, 2.24) is 10.6 Å². The molecule has 0 aromatic heterocycles. The maximum absolute atomic E-state index is 11.6. The van der Waals surface area contributed by atoms with E-state index in [2.05, 4.69) is 24.5 Å². The molecule has 2 N–H and O–H groups in total. The molecule has 0 aromatic rings. The molecule has 5 nitrogen and oxygen atoms in total. The number of unbranched alkanes of at least 4 members (excludes halogenated alkanes) is 1. The van der Waals surface area contributed by atoms with Gasteiger partial charge in [-0.25, -0.2) is 4.79 Å². The molecule has 0 unspecified atom stereocenters. The molecule has 0 aliphatic carbocycles. The molecule has 1 heterocycles. The highest BCUT2D eigenvalue weighted by Crippen LogP contribution is 2.21. The molecule has 1 atom stereocenters. The van der Waals surface area contributed by atoms with Crippen LogP contribution in [0.4, 0.5) is 4.79 Å². The number of imide groups is 2. The van der Waals surface area contributed by atoms with Crippen LogP contribution in [0.25, 0.3) is 0 Å². The molecule has 0 saturated carbocycles. The molecular formula is C14H24N2O3. The smallest absolute Gasteiger partial charge is 0.277 e. The van der Waals surface area contributed by atoms with Gasteiger partial charge < -0.3 is 0 Å². The van der Waals surface area contributed by atoms with Gasteiger partial charge in [-0.15, -0.1) is 0 Å². The molecule has 0 aromatic carbocycles. The average Bonchev–Trinajstić information content (AvgIpc) is 2.29. The molecule has 1 aliphatic rings. The van der Waals surface area contributed by atoms with Gasteiger partial charge in [0, 0.05) is 0 Å². The number of amides is 4. The van der Waals surface area contributed by atoms with E-state index in [1.165, 1.54) is 12.8 Å². The second-order valence-electron chi connectivity index (χ2n) is 5.88. The second kappa shape index (κ2) is 7.26. The van der Waals surface area contributed by atoms with Crippen molar-refractivity contribution in [2.24, 2.45) is 17.8 Å². The van der Waals surface area contributed by atoms with Crippen molar-refractivity contribution in [2.45, 2.75) is 52.9 Å². The third-order valence-electron chi connectivity index (χ3n) is 3.47. The summed E-state index contributed by atoms with van der Waals surface area (Å²) in [6.45, 7) is 6.46. The minimum atomic E-state index is -0.724. The molecule has 5 heteroatoms. The molecule has 1 aliphatic heterocycles. The van der Waals surface area contributed by atoms with Crippen molar-refractivity contribution in [3.63, 3.8) is 0 Å². The topological polar surface area (TPSA) is 75.3 Å². The van der Waals surface area contributed by atoms with Gasteiger partial charge in [-0.3, -0.25) is 20.2 Å². The van der Waals surface area contributed by atoms with Crippen LogP contribution in [0.5, 0.6) is 0 Å². The minimum Gasteiger partial charge on any atom is -0.277 e. The summed E-state index contributed by atoms with van der Waals surface area (Å²) in [6, 6.07) is -0.712. The number of urea groups is 1. The summed E-state index contributed by atoms with van der Waals surface area (Å²) in [4.78, 5) is 34.1. The van der Waals surface area contributed by atoms with Crippen LogP contribution in [0.3, 0.4) is 0 Å². The fourth-order valence-electron chi connectivity index (χ4n) is 2.33. The molecule has 4 amide bonds. The quantitative estimate of drug-likeness (QED) is 0.549. The highest BCUT2D eigenvalue weighted by molar-refractivity contribution is 6.16. The second-order valence-corrected chi connectivity index (χ2v) is 5.88. The SMILES string of the molecule is CC(C)CCCC[C@H](C)CC1C(=O)NC(=O)NC1=O. The van der Waals surface area contributed by atoms with E-state index in [1.807, 2.05) is 6.92 Å². The summed E-state index contributed by atoms with van der Waals surface area (Å²) in [6.07, 6.45) is 5.04. The van der Waals surface area contributed by atoms with E-state index in [1.54, 1.807) is 0 Å². The predicted molar refractivity (Wildman–Crippen MR) is 72.3 cm³/mol. The van der Waals surface area contributed by atoms with Crippen molar-refractivity contribution < 1.29 is 14.4 Å². The standard InChI is InChI=1S/C14H24N2O3/c1-9(2)6-4-5-7-10(3)8-11-12(17)15-14(19)16-13(11)18/h9-11H,4-8H2,1-3H3,(H2,15,16,17,18,19)/t10-/m0/s1. The number of rotatable bonds is 7. The summed E-state index contributed by atoms with van der Waals surface area (Å²) in [7, 11) is 0. The van der Waals surface area contributed by atoms with E-state index < -0.39 is 23.8 Å². The van der Waals surface area contributed by atoms with Gasteiger partial charge >= 0.3 is 6.03 Å². The van der Waals surface area contributed by atoms with Gasteiger partial charge in [-0.05, 0) is 18.3 Å². The Hall–Kier alpha value is -1.39. The monoisotopic (exact) mass is 268 g/mol. The summed E-state index contributed by atoms with van der Waals surface area (Å²) >= 11 is 0. The van der Waals surface area contributed by atoms with Crippen LogP contribution in [0.1, 0.15) is 52.9 Å². The lowest BCUT2D eigenvalue weighted by molar-refractivity contribution is -0.136. The Labute approximate surface area is 114 Å². The summed E-state index contributed by atoms with van der Waals surface area (Å²) in [5.41, 5.74) is 0. The molecule has 1 saturated heterocycles. The third-order valence-corrected chi connectivity index (χ3v) is 3.47. The number of carbonyl (C=O) groups excluding carboxylic acids is 3. The van der Waals surface area contributed by atoms with Crippen molar-refractivity contribution in [2.75, 3.05) is 0 Å². The van der Waals surface area contributed by atoms with Crippen molar-refractivity contribution >= 4 is 17.8 Å². The van der Waals surface area contributed by atoms with Gasteiger partial charge in [0.05, 0.1) is 0 Å². The van der Waals surface area contributed by atoms with Crippen LogP contribution in [0.2, 0.25) is 0 Å². The number of nitrogens with one attached hydrogen (secondary N) is 2. The molecule has 108 valence electrons. The first-order valence-electron chi connectivity index (χ1n) is 7.05. The zero-order valence-corrected chi connectivity index (χ0v) is 12.0. The highest BCUT2D eigenvalue weighted by Gasteiger charge is 2.34. The maximum Gasteiger partial charge on any atom is 0.328 e. The Balaban J connectivity index is 2.31. The zero-order chi connectivity index (χ0) is 14.4. The molecule has 1 fully saturated rings. The Kier molecular flexibility index (Phi) is 5.99. The van der Waals surface area contributed by atoms with Gasteiger partial charge in [-0.2, -0.15) is 0 Å². The summed E-state index contributed by atoms with van der Waals surface area (Å²) in [5, 5.41) is 4.28. The first kappa shape index (κ1) is 15.7. The fraction of sp³-hybridized carbons (Fsp3) is 0.786. The third kappa shape index (κ3) is 5.41. The number of hydrogen-bond acceptors (Lipinski definition) is 3. The lowest BCUT2D eigenvalue weighted by Crippen LogP contribution is -2.55. The number of barbiturate groups is 1. The van der Waals surface area contributed by atoms with Gasteiger partial charge in [0.25, 0.3) is 0 Å². The van der Waals surface area contributed by atoms with Gasteiger partial charge in [0.15, 0.2) is 0 Å². The fourth-order valence-corrected chi connectivity index (χ4v) is 2.33. The first-order valence-corrected chi connectivity index (χ1v) is 7.05. The van der Waals surface area contributed by atoms with E-state index in [0.717, 1.165) is 18.8 Å². The lowest BCUT2D eigenvalue weighted by Gasteiger charge is -2.23. The van der Waals surface area contributed by atoms with E-state index in [-0.39, 0.29) is 0 Å². The Morgan fingerprint density at radius 3 is 2.00 bits per heavy atom.